The van der Waals surface area contributed by atoms with Gasteiger partial charge in [-0.3, -0.25) is 4.79 Å². The maximum atomic E-state index is 12.1. The van der Waals surface area contributed by atoms with Crippen LogP contribution in [-0.4, -0.2) is 17.0 Å². The first-order chi connectivity index (χ1) is 9.47. The summed E-state index contributed by atoms with van der Waals surface area (Å²) >= 11 is 3.29. The summed E-state index contributed by atoms with van der Waals surface area (Å²) in [4.78, 5) is 23.2. The van der Waals surface area contributed by atoms with Crippen LogP contribution in [-0.2, 0) is 0 Å². The molecule has 0 saturated carbocycles. The Kier molecular flexibility index (Phi) is 4.20. The molecule has 20 heavy (non-hydrogen) atoms. The smallest absolute Gasteiger partial charge is 0.337 e. The van der Waals surface area contributed by atoms with Gasteiger partial charge in [0.05, 0.1) is 11.3 Å². The molecule has 102 valence electrons. The number of nitrogens with one attached hydrogen (secondary N) is 1. The molecular formula is C15H12BrNO3. The number of carbonyl (C=O) groups is 2. The first kappa shape index (κ1) is 14.3. The van der Waals surface area contributed by atoms with Gasteiger partial charge in [-0.2, -0.15) is 0 Å². The highest BCUT2D eigenvalue weighted by Gasteiger charge is 2.13. The molecule has 0 spiro atoms. The highest BCUT2D eigenvalue weighted by atomic mass is 79.9. The predicted octanol–water partition coefficient (Wildman–Crippen LogP) is 3.71. The van der Waals surface area contributed by atoms with E-state index < -0.39 is 5.97 Å². The summed E-state index contributed by atoms with van der Waals surface area (Å²) in [6, 6.07) is 11.7. The van der Waals surface area contributed by atoms with Crippen LogP contribution in [0.2, 0.25) is 0 Å². The molecule has 0 atom stereocenters. The van der Waals surface area contributed by atoms with Crippen molar-refractivity contribution in [1.29, 1.82) is 0 Å². The lowest BCUT2D eigenvalue weighted by molar-refractivity contribution is 0.0698. The molecule has 0 saturated heterocycles. The summed E-state index contributed by atoms with van der Waals surface area (Å²) in [5, 5.41) is 11.8. The minimum absolute atomic E-state index is 0.0791. The SMILES string of the molecule is Cc1ccc(NC(=O)c2ccc(Br)cc2)c(C(=O)O)c1. The molecule has 0 fully saturated rings. The van der Waals surface area contributed by atoms with Crippen LogP contribution in [0.4, 0.5) is 5.69 Å². The Morgan fingerprint density at radius 1 is 1.10 bits per heavy atom. The number of anilines is 1. The average molecular weight is 334 g/mol. The lowest BCUT2D eigenvalue weighted by atomic mass is 10.1. The van der Waals surface area contributed by atoms with Crippen LogP contribution in [0.5, 0.6) is 0 Å². The van der Waals surface area contributed by atoms with Crippen molar-refractivity contribution in [3.63, 3.8) is 0 Å². The number of carboxylic acids is 1. The zero-order chi connectivity index (χ0) is 14.7. The summed E-state index contributed by atoms with van der Waals surface area (Å²) in [5.41, 5.74) is 1.65. The van der Waals surface area contributed by atoms with Crippen molar-refractivity contribution < 1.29 is 14.7 Å². The van der Waals surface area contributed by atoms with E-state index in [-0.39, 0.29) is 17.2 Å². The molecule has 0 aliphatic heterocycles. The third-order valence-corrected chi connectivity index (χ3v) is 3.29. The molecule has 4 nitrogen and oxygen atoms in total. The maximum absolute atomic E-state index is 12.1. The van der Waals surface area contributed by atoms with Crippen molar-refractivity contribution >= 4 is 33.5 Å². The molecule has 0 unspecified atom stereocenters. The van der Waals surface area contributed by atoms with Crippen LogP contribution in [0.25, 0.3) is 0 Å². The second-order valence-electron chi connectivity index (χ2n) is 4.32. The van der Waals surface area contributed by atoms with Gasteiger partial charge in [-0.15, -0.1) is 0 Å². The Bertz CT molecular complexity index is 665. The predicted molar refractivity (Wildman–Crippen MR) is 80.2 cm³/mol. The molecule has 2 rings (SSSR count). The van der Waals surface area contributed by atoms with E-state index in [2.05, 4.69) is 21.2 Å². The summed E-state index contributed by atoms with van der Waals surface area (Å²) in [7, 11) is 0. The summed E-state index contributed by atoms with van der Waals surface area (Å²) < 4.78 is 0.871. The first-order valence-electron chi connectivity index (χ1n) is 5.88. The van der Waals surface area contributed by atoms with Crippen molar-refractivity contribution in [3.05, 3.63) is 63.6 Å². The minimum atomic E-state index is -1.07. The molecule has 0 heterocycles. The van der Waals surface area contributed by atoms with Crippen LogP contribution in [0.3, 0.4) is 0 Å². The van der Waals surface area contributed by atoms with Gasteiger partial charge in [0.15, 0.2) is 0 Å². The number of aryl methyl sites for hydroxylation is 1. The summed E-state index contributed by atoms with van der Waals surface area (Å²) in [6.45, 7) is 1.80. The topological polar surface area (TPSA) is 66.4 Å². The van der Waals surface area contributed by atoms with E-state index in [0.717, 1.165) is 10.0 Å². The molecular weight excluding hydrogens is 322 g/mol. The van der Waals surface area contributed by atoms with Gasteiger partial charge in [0.2, 0.25) is 0 Å². The first-order valence-corrected chi connectivity index (χ1v) is 6.67. The van der Waals surface area contributed by atoms with E-state index in [1.54, 1.807) is 43.3 Å². The standard InChI is InChI=1S/C15H12BrNO3/c1-9-2-7-13(12(8-9)15(19)20)17-14(18)10-3-5-11(16)6-4-10/h2-8H,1H3,(H,17,18)(H,19,20). The van der Waals surface area contributed by atoms with E-state index in [4.69, 9.17) is 5.11 Å². The van der Waals surface area contributed by atoms with Gasteiger partial charge in [0.25, 0.3) is 5.91 Å². The van der Waals surface area contributed by atoms with Gasteiger partial charge in [-0.05, 0) is 43.3 Å². The molecule has 5 heteroatoms. The van der Waals surface area contributed by atoms with Gasteiger partial charge >= 0.3 is 5.97 Å². The van der Waals surface area contributed by atoms with E-state index in [1.807, 2.05) is 0 Å². The number of hydrogen-bond donors (Lipinski definition) is 2. The number of benzene rings is 2. The number of carboxylic acid groups (broad SMARTS) is 1. The van der Waals surface area contributed by atoms with Crippen LogP contribution in [0, 0.1) is 6.92 Å². The largest absolute Gasteiger partial charge is 0.478 e. The maximum Gasteiger partial charge on any atom is 0.337 e. The van der Waals surface area contributed by atoms with Crippen molar-refractivity contribution in [2.75, 3.05) is 5.32 Å². The van der Waals surface area contributed by atoms with Gasteiger partial charge < -0.3 is 10.4 Å². The molecule has 0 aromatic heterocycles. The second kappa shape index (κ2) is 5.88. The van der Waals surface area contributed by atoms with Gasteiger partial charge in [0, 0.05) is 10.0 Å². The third kappa shape index (κ3) is 3.24. The molecule has 0 aliphatic rings. The minimum Gasteiger partial charge on any atom is -0.478 e. The quantitative estimate of drug-likeness (QED) is 0.899. The van der Waals surface area contributed by atoms with Crippen LogP contribution in [0.1, 0.15) is 26.3 Å². The van der Waals surface area contributed by atoms with Gasteiger partial charge in [-0.1, -0.05) is 27.6 Å². The number of rotatable bonds is 3. The zero-order valence-electron chi connectivity index (χ0n) is 10.7. The molecule has 0 radical (unpaired) electrons. The molecule has 2 aromatic rings. The number of carbonyl (C=O) groups excluding carboxylic acids is 1. The fourth-order valence-corrected chi connectivity index (χ4v) is 2.00. The Balaban J connectivity index is 2.28. The van der Waals surface area contributed by atoms with E-state index in [9.17, 15) is 9.59 Å². The molecule has 0 bridgehead atoms. The highest BCUT2D eigenvalue weighted by molar-refractivity contribution is 9.10. The van der Waals surface area contributed by atoms with Crippen molar-refractivity contribution in [1.82, 2.24) is 0 Å². The molecule has 2 aromatic carbocycles. The molecule has 1 amide bonds. The van der Waals surface area contributed by atoms with E-state index in [1.165, 1.54) is 6.07 Å². The Morgan fingerprint density at radius 3 is 2.35 bits per heavy atom. The Labute approximate surface area is 124 Å². The molecule has 2 N–H and O–H groups in total. The zero-order valence-corrected chi connectivity index (χ0v) is 12.3. The lowest BCUT2D eigenvalue weighted by Gasteiger charge is -2.09. The van der Waals surface area contributed by atoms with Crippen molar-refractivity contribution in [3.8, 4) is 0 Å². The van der Waals surface area contributed by atoms with Crippen LogP contribution in [0.15, 0.2) is 46.9 Å². The third-order valence-electron chi connectivity index (χ3n) is 2.76. The lowest BCUT2D eigenvalue weighted by Crippen LogP contribution is -2.14. The van der Waals surface area contributed by atoms with Crippen molar-refractivity contribution in [2.45, 2.75) is 6.92 Å². The summed E-state index contributed by atoms with van der Waals surface area (Å²) in [6.07, 6.45) is 0. The van der Waals surface area contributed by atoms with Gasteiger partial charge in [-0.25, -0.2) is 4.79 Å². The van der Waals surface area contributed by atoms with Crippen LogP contribution >= 0.6 is 15.9 Å². The Morgan fingerprint density at radius 2 is 1.75 bits per heavy atom. The number of halogens is 1. The average Bonchev–Trinajstić information content (AvgIpc) is 2.41. The monoisotopic (exact) mass is 333 g/mol. The van der Waals surface area contributed by atoms with Crippen molar-refractivity contribution in [2.24, 2.45) is 0 Å². The fourth-order valence-electron chi connectivity index (χ4n) is 1.74. The van der Waals surface area contributed by atoms with Gasteiger partial charge in [0.1, 0.15) is 0 Å². The summed E-state index contributed by atoms with van der Waals surface area (Å²) in [5.74, 6) is -1.41. The van der Waals surface area contributed by atoms with Crippen LogP contribution < -0.4 is 5.32 Å². The number of aromatic carboxylic acids is 1. The normalized spacial score (nSPS) is 10.1. The fraction of sp³-hybridized carbons (Fsp3) is 0.0667. The highest BCUT2D eigenvalue weighted by Crippen LogP contribution is 2.19. The second-order valence-corrected chi connectivity index (χ2v) is 5.23. The van der Waals surface area contributed by atoms with E-state index in [0.29, 0.717) is 5.56 Å². The number of hydrogen-bond acceptors (Lipinski definition) is 2. The Hall–Kier alpha value is -2.14. The number of amides is 1. The van der Waals surface area contributed by atoms with E-state index >= 15 is 0 Å². The molecule has 0 aliphatic carbocycles.